The summed E-state index contributed by atoms with van der Waals surface area (Å²) in [6.45, 7) is 8.79. The smallest absolute Gasteiger partial charge is 0.0596 e. The molecule has 0 fully saturated rings. The quantitative estimate of drug-likeness (QED) is 0.628. The molecule has 1 nitrogen and oxygen atoms in total. The number of aliphatic hydroxyl groups excluding tert-OH is 1. The second-order valence-electron chi connectivity index (χ2n) is 4.38. The number of hydrogen-bond acceptors (Lipinski definition) is 1. The van der Waals surface area contributed by atoms with E-state index in [1.54, 1.807) is 0 Å². The van der Waals surface area contributed by atoms with Gasteiger partial charge in [-0.3, -0.25) is 0 Å². The lowest BCUT2D eigenvalue weighted by molar-refractivity contribution is 0.0398. The Balaban J connectivity index is 4.06. The molecule has 2 atom stereocenters. The Morgan fingerprint density at radius 2 is 1.36 bits per heavy atom. The zero-order chi connectivity index (χ0) is 11.0. The summed E-state index contributed by atoms with van der Waals surface area (Å²) in [7, 11) is 0. The maximum absolute atomic E-state index is 10.2. The van der Waals surface area contributed by atoms with Crippen molar-refractivity contribution in [1.82, 2.24) is 0 Å². The lowest BCUT2D eigenvalue weighted by Gasteiger charge is -2.28. The van der Waals surface area contributed by atoms with Crippen molar-refractivity contribution in [3.63, 3.8) is 0 Å². The van der Waals surface area contributed by atoms with Crippen LogP contribution in [0.2, 0.25) is 0 Å². The lowest BCUT2D eigenvalue weighted by Crippen LogP contribution is -2.28. The van der Waals surface area contributed by atoms with Crippen molar-refractivity contribution in [3.8, 4) is 0 Å². The summed E-state index contributed by atoms with van der Waals surface area (Å²) < 4.78 is 0. The molecule has 1 N–H and O–H groups in total. The van der Waals surface area contributed by atoms with Crippen molar-refractivity contribution >= 4 is 0 Å². The van der Waals surface area contributed by atoms with E-state index < -0.39 is 0 Å². The summed E-state index contributed by atoms with van der Waals surface area (Å²) in [5, 5.41) is 10.2. The van der Waals surface area contributed by atoms with E-state index >= 15 is 0 Å². The van der Waals surface area contributed by atoms with E-state index in [9.17, 15) is 5.11 Å². The average Bonchev–Trinajstić information content (AvgIpc) is 2.21. The van der Waals surface area contributed by atoms with Crippen LogP contribution in [0.5, 0.6) is 0 Å². The first-order valence-electron chi connectivity index (χ1n) is 6.39. The predicted molar refractivity (Wildman–Crippen MR) is 63.4 cm³/mol. The van der Waals surface area contributed by atoms with Gasteiger partial charge in [-0.1, -0.05) is 59.8 Å². The summed E-state index contributed by atoms with van der Waals surface area (Å²) in [6, 6.07) is 0. The summed E-state index contributed by atoms with van der Waals surface area (Å²) in [5.41, 5.74) is 0. The molecule has 0 aromatic rings. The van der Waals surface area contributed by atoms with Crippen molar-refractivity contribution < 1.29 is 5.11 Å². The van der Waals surface area contributed by atoms with Crippen LogP contribution in [0.1, 0.15) is 66.2 Å². The van der Waals surface area contributed by atoms with Gasteiger partial charge in [-0.05, 0) is 18.3 Å². The Kier molecular flexibility index (Phi) is 8.26. The normalized spacial score (nSPS) is 15.9. The van der Waals surface area contributed by atoms with Gasteiger partial charge < -0.3 is 5.11 Å². The van der Waals surface area contributed by atoms with Crippen LogP contribution in [0.3, 0.4) is 0 Å². The fourth-order valence-corrected chi connectivity index (χ4v) is 2.24. The highest BCUT2D eigenvalue weighted by atomic mass is 16.3. The van der Waals surface area contributed by atoms with Crippen molar-refractivity contribution in [1.29, 1.82) is 0 Å². The van der Waals surface area contributed by atoms with Gasteiger partial charge in [0.2, 0.25) is 0 Å². The van der Waals surface area contributed by atoms with Gasteiger partial charge in [0.25, 0.3) is 0 Å². The van der Waals surface area contributed by atoms with Gasteiger partial charge in [0.05, 0.1) is 6.10 Å². The van der Waals surface area contributed by atoms with Gasteiger partial charge in [-0.25, -0.2) is 0 Å². The molecule has 0 aliphatic carbocycles. The van der Waals surface area contributed by atoms with Gasteiger partial charge in [-0.15, -0.1) is 0 Å². The molecule has 0 aliphatic heterocycles. The van der Waals surface area contributed by atoms with E-state index in [-0.39, 0.29) is 6.10 Å². The minimum atomic E-state index is -0.0680. The Bertz CT molecular complexity index is 118. The zero-order valence-corrected chi connectivity index (χ0v) is 10.4. The van der Waals surface area contributed by atoms with E-state index in [4.69, 9.17) is 0 Å². The Labute approximate surface area is 89.9 Å². The van der Waals surface area contributed by atoms with Crippen LogP contribution in [0.15, 0.2) is 0 Å². The van der Waals surface area contributed by atoms with Gasteiger partial charge in [-0.2, -0.15) is 0 Å². The van der Waals surface area contributed by atoms with Gasteiger partial charge in [0.1, 0.15) is 0 Å². The van der Waals surface area contributed by atoms with Crippen LogP contribution < -0.4 is 0 Å². The van der Waals surface area contributed by atoms with Crippen molar-refractivity contribution in [2.24, 2.45) is 11.8 Å². The Hall–Kier alpha value is -0.0400. The first-order valence-corrected chi connectivity index (χ1v) is 6.39. The molecular weight excluding hydrogens is 172 g/mol. The molecule has 0 aliphatic rings. The monoisotopic (exact) mass is 200 g/mol. The molecule has 1 heteroatoms. The maximum Gasteiger partial charge on any atom is 0.0596 e. The van der Waals surface area contributed by atoms with Crippen molar-refractivity contribution in [3.05, 3.63) is 0 Å². The molecule has 0 spiro atoms. The van der Waals surface area contributed by atoms with Crippen LogP contribution in [-0.2, 0) is 0 Å². The van der Waals surface area contributed by atoms with Gasteiger partial charge >= 0.3 is 0 Å². The maximum atomic E-state index is 10.2. The molecule has 0 amide bonds. The van der Waals surface area contributed by atoms with E-state index in [2.05, 4.69) is 27.7 Å². The number of hydrogen-bond donors (Lipinski definition) is 1. The van der Waals surface area contributed by atoms with Crippen LogP contribution in [-0.4, -0.2) is 11.2 Å². The Morgan fingerprint density at radius 3 is 1.71 bits per heavy atom. The van der Waals surface area contributed by atoms with Crippen LogP contribution in [0.4, 0.5) is 0 Å². The van der Waals surface area contributed by atoms with Crippen LogP contribution in [0.25, 0.3) is 0 Å². The largest absolute Gasteiger partial charge is 0.393 e. The fraction of sp³-hybridized carbons (Fsp3) is 1.00. The molecule has 86 valence electrons. The van der Waals surface area contributed by atoms with Gasteiger partial charge in [0, 0.05) is 0 Å². The lowest BCUT2D eigenvalue weighted by atomic mass is 9.83. The molecule has 0 rings (SSSR count). The standard InChI is InChI=1S/C13H28O/c1-5-9-10-12(8-4)13(14)11(6-2)7-3/h11-14H,5-10H2,1-4H3. The van der Waals surface area contributed by atoms with E-state index in [1.807, 2.05) is 0 Å². The molecule has 0 aromatic carbocycles. The summed E-state index contributed by atoms with van der Waals surface area (Å²) in [5.74, 6) is 1.04. The molecule has 14 heavy (non-hydrogen) atoms. The highest BCUT2D eigenvalue weighted by molar-refractivity contribution is 4.74. The molecule has 0 saturated carbocycles. The summed E-state index contributed by atoms with van der Waals surface area (Å²) in [6.07, 6.45) is 6.98. The molecule has 0 aromatic heterocycles. The van der Waals surface area contributed by atoms with E-state index in [1.165, 1.54) is 19.3 Å². The number of rotatable bonds is 8. The third kappa shape index (κ3) is 4.45. The molecule has 2 unspecified atom stereocenters. The van der Waals surface area contributed by atoms with Gasteiger partial charge in [0.15, 0.2) is 0 Å². The summed E-state index contributed by atoms with van der Waals surface area (Å²) in [4.78, 5) is 0. The number of aliphatic hydroxyl groups is 1. The zero-order valence-electron chi connectivity index (χ0n) is 10.4. The molecule has 0 saturated heterocycles. The van der Waals surface area contributed by atoms with E-state index in [0.29, 0.717) is 11.8 Å². The third-order valence-corrected chi connectivity index (χ3v) is 3.47. The second-order valence-corrected chi connectivity index (χ2v) is 4.38. The first-order chi connectivity index (χ1) is 6.71. The average molecular weight is 200 g/mol. The van der Waals surface area contributed by atoms with Crippen LogP contribution in [0, 0.1) is 11.8 Å². The SMILES string of the molecule is CCCCC(CC)C(O)C(CC)CC. The molecule has 0 bridgehead atoms. The second kappa shape index (κ2) is 8.28. The number of unbranched alkanes of at least 4 members (excludes halogenated alkanes) is 1. The topological polar surface area (TPSA) is 20.2 Å². The summed E-state index contributed by atoms with van der Waals surface area (Å²) >= 11 is 0. The third-order valence-electron chi connectivity index (χ3n) is 3.47. The van der Waals surface area contributed by atoms with Crippen LogP contribution >= 0.6 is 0 Å². The molecule has 0 heterocycles. The highest BCUT2D eigenvalue weighted by Gasteiger charge is 2.23. The van der Waals surface area contributed by atoms with Crippen molar-refractivity contribution in [2.45, 2.75) is 72.3 Å². The van der Waals surface area contributed by atoms with Crippen molar-refractivity contribution in [2.75, 3.05) is 0 Å². The molecule has 0 radical (unpaired) electrons. The fourth-order valence-electron chi connectivity index (χ4n) is 2.24. The Morgan fingerprint density at radius 1 is 0.857 bits per heavy atom. The predicted octanol–water partition coefficient (Wildman–Crippen LogP) is 4.00. The van der Waals surface area contributed by atoms with E-state index in [0.717, 1.165) is 19.3 Å². The first kappa shape index (κ1) is 14.0. The minimum Gasteiger partial charge on any atom is -0.393 e. The molecular formula is C13H28O. The highest BCUT2D eigenvalue weighted by Crippen LogP contribution is 2.25. The minimum absolute atomic E-state index is 0.0680.